The molecule has 2 amide bonds. The molecule has 1 aromatic heterocycles. The zero-order valence-corrected chi connectivity index (χ0v) is 29.0. The first-order valence-electron chi connectivity index (χ1n) is 17.7. The molecule has 12 heteroatoms. The van der Waals surface area contributed by atoms with E-state index in [-0.39, 0.29) is 42.1 Å². The van der Waals surface area contributed by atoms with Crippen LogP contribution in [0.3, 0.4) is 0 Å². The number of thioether (sulfide) groups is 1. The van der Waals surface area contributed by atoms with Crippen molar-refractivity contribution < 1.29 is 24.5 Å². The van der Waals surface area contributed by atoms with Crippen molar-refractivity contribution in [1.29, 1.82) is 0 Å². The van der Waals surface area contributed by atoms with Crippen molar-refractivity contribution in [2.45, 2.75) is 87.8 Å². The fraction of sp³-hybridized carbons (Fsp3) is 0.474. The summed E-state index contributed by atoms with van der Waals surface area (Å²) < 4.78 is 14.9. The van der Waals surface area contributed by atoms with Gasteiger partial charge in [0, 0.05) is 29.3 Å². The number of nitrogens with zero attached hydrogens (tertiary/aromatic N) is 4. The van der Waals surface area contributed by atoms with Gasteiger partial charge in [-0.25, -0.2) is 4.79 Å². The number of tetrazole rings is 1. The molecule has 0 unspecified atom stereocenters. The Morgan fingerprint density at radius 3 is 2.20 bits per heavy atom. The van der Waals surface area contributed by atoms with Gasteiger partial charge in [0.25, 0.3) is 0 Å². The Labute approximate surface area is 296 Å². The van der Waals surface area contributed by atoms with Gasteiger partial charge >= 0.3 is 6.03 Å². The van der Waals surface area contributed by atoms with Crippen molar-refractivity contribution in [2.24, 2.45) is 23.7 Å². The number of aliphatic hydroxyl groups is 1. The first kappa shape index (κ1) is 33.2. The number of benzene rings is 3. The van der Waals surface area contributed by atoms with Gasteiger partial charge in [-0.2, -0.15) is 4.68 Å². The molecule has 4 atom stereocenters. The Morgan fingerprint density at radius 1 is 0.900 bits per heavy atom. The lowest BCUT2D eigenvalue weighted by Gasteiger charge is -2.56. The molecule has 9 rings (SSSR count). The van der Waals surface area contributed by atoms with Gasteiger partial charge in [-0.15, -0.1) is 5.10 Å². The van der Waals surface area contributed by atoms with Gasteiger partial charge in [-0.3, -0.25) is 0 Å². The highest BCUT2D eigenvalue weighted by Gasteiger charge is 2.51. The Kier molecular flexibility index (Phi) is 9.28. The minimum absolute atomic E-state index is 0.00677. The predicted octanol–water partition coefficient (Wildman–Crippen LogP) is 6.21. The second-order valence-electron chi connectivity index (χ2n) is 14.8. The van der Waals surface area contributed by atoms with Crippen LogP contribution in [0, 0.1) is 23.7 Å². The summed E-state index contributed by atoms with van der Waals surface area (Å²) in [5.74, 6) is 3.08. The van der Waals surface area contributed by atoms with E-state index in [1.165, 1.54) is 31.0 Å². The molecule has 5 fully saturated rings. The average Bonchev–Trinajstić information content (AvgIpc) is 3.59. The van der Waals surface area contributed by atoms with Crippen LogP contribution < -0.4 is 10.6 Å². The number of aromatic hydroxyl groups is 1. The van der Waals surface area contributed by atoms with Gasteiger partial charge in [-0.05, 0) is 108 Å². The molecule has 3 aromatic carbocycles. The van der Waals surface area contributed by atoms with Crippen LogP contribution in [-0.4, -0.2) is 53.8 Å². The zero-order valence-electron chi connectivity index (χ0n) is 28.1. The minimum atomic E-state index is -0.617. The SMILES string of the molecule is C[C@H]1[C@@H](CSc2nnnn2-c2ccc(O)cc2)O[C@@H](c2ccc(CNC(=O)NC34CC5CC(CC(C5)C3)C4)cc2)O[C@H]1c1ccc(CO)cc1. The van der Waals surface area contributed by atoms with Gasteiger partial charge in [0.05, 0.1) is 24.5 Å². The molecule has 11 nitrogen and oxygen atoms in total. The van der Waals surface area contributed by atoms with E-state index in [2.05, 4.69) is 33.1 Å². The summed E-state index contributed by atoms with van der Waals surface area (Å²) in [5, 5.41) is 38.7. The molecule has 0 radical (unpaired) electrons. The van der Waals surface area contributed by atoms with Crippen LogP contribution in [0.5, 0.6) is 5.75 Å². The van der Waals surface area contributed by atoms with Crippen LogP contribution in [0.25, 0.3) is 5.69 Å². The third-order valence-electron chi connectivity index (χ3n) is 11.2. The number of nitrogens with one attached hydrogen (secondary N) is 2. The summed E-state index contributed by atoms with van der Waals surface area (Å²) in [6.45, 7) is 2.54. The van der Waals surface area contributed by atoms with E-state index < -0.39 is 6.29 Å². The molecule has 4 aliphatic carbocycles. The maximum absolute atomic E-state index is 13.1. The third kappa shape index (κ3) is 6.99. The van der Waals surface area contributed by atoms with E-state index >= 15 is 0 Å². The fourth-order valence-corrected chi connectivity index (χ4v) is 10.1. The number of carbonyl (C=O) groups is 1. The number of phenols is 1. The minimum Gasteiger partial charge on any atom is -0.508 e. The molecule has 0 spiro atoms. The fourth-order valence-electron chi connectivity index (χ4n) is 9.02. The lowest BCUT2D eigenvalue weighted by Crippen LogP contribution is -2.61. The Hall–Kier alpha value is -3.97. The summed E-state index contributed by atoms with van der Waals surface area (Å²) in [6, 6.07) is 22.6. The lowest BCUT2D eigenvalue weighted by molar-refractivity contribution is -0.268. The summed E-state index contributed by atoms with van der Waals surface area (Å²) in [6.07, 6.45) is 6.35. The largest absolute Gasteiger partial charge is 0.508 e. The van der Waals surface area contributed by atoms with E-state index in [1.54, 1.807) is 28.9 Å². The van der Waals surface area contributed by atoms with Crippen molar-refractivity contribution in [3.63, 3.8) is 0 Å². The topological polar surface area (TPSA) is 144 Å². The van der Waals surface area contributed by atoms with Crippen LogP contribution in [-0.2, 0) is 22.6 Å². The van der Waals surface area contributed by atoms with Crippen molar-refractivity contribution in [3.05, 3.63) is 95.1 Å². The number of carbonyl (C=O) groups excluding carboxylic acids is 1. The number of amides is 2. The summed E-state index contributed by atoms with van der Waals surface area (Å²) in [7, 11) is 0. The molecule has 1 saturated heterocycles. The third-order valence-corrected chi connectivity index (χ3v) is 12.2. The van der Waals surface area contributed by atoms with Crippen LogP contribution in [0.4, 0.5) is 4.79 Å². The normalized spacial score (nSPS) is 29.9. The quantitative estimate of drug-likeness (QED) is 0.142. The number of ether oxygens (including phenoxy) is 2. The highest BCUT2D eigenvalue weighted by molar-refractivity contribution is 7.99. The standard InChI is InChI=1S/C38H44N6O5S/c1-23-33(22-50-37-41-42-43-44(37)31-10-12-32(46)13-11-31)48-35(49-34(23)29-6-4-25(21-45)5-7-29)30-8-2-24(3-9-30)20-39-36(47)40-38-17-26-14-27(18-38)16-28(15-26)19-38/h2-13,23,26-28,33-35,45-46H,14-22H2,1H3,(H2,39,40,47)/t23-,26?,27?,28?,33+,34+,35+,38?/m0/s1. The van der Waals surface area contributed by atoms with Crippen molar-refractivity contribution in [1.82, 2.24) is 30.8 Å². The lowest BCUT2D eigenvalue weighted by atomic mass is 9.53. The second-order valence-corrected chi connectivity index (χ2v) is 15.8. The molecule has 50 heavy (non-hydrogen) atoms. The number of urea groups is 1. The van der Waals surface area contributed by atoms with Gasteiger partial charge in [0.1, 0.15) is 5.75 Å². The van der Waals surface area contributed by atoms with Crippen LogP contribution >= 0.6 is 11.8 Å². The number of hydrogen-bond donors (Lipinski definition) is 4. The maximum Gasteiger partial charge on any atom is 0.315 e. The zero-order chi connectivity index (χ0) is 34.2. The first-order valence-corrected chi connectivity index (χ1v) is 18.7. The van der Waals surface area contributed by atoms with Gasteiger partial charge in [0.15, 0.2) is 6.29 Å². The molecular formula is C38H44N6O5S. The number of aliphatic hydroxyl groups excluding tert-OH is 1. The monoisotopic (exact) mass is 696 g/mol. The van der Waals surface area contributed by atoms with Crippen LogP contribution in [0.15, 0.2) is 78.0 Å². The first-order chi connectivity index (χ1) is 24.3. The average molecular weight is 697 g/mol. The Bertz CT molecular complexity index is 1750. The highest BCUT2D eigenvalue weighted by Crippen LogP contribution is 2.55. The van der Waals surface area contributed by atoms with E-state index in [9.17, 15) is 15.0 Å². The maximum atomic E-state index is 13.1. The highest BCUT2D eigenvalue weighted by atomic mass is 32.2. The molecule has 262 valence electrons. The molecule has 4 N–H and O–H groups in total. The number of hydrogen-bond acceptors (Lipinski definition) is 9. The van der Waals surface area contributed by atoms with Crippen LogP contribution in [0.2, 0.25) is 0 Å². The van der Waals surface area contributed by atoms with Crippen molar-refractivity contribution in [3.8, 4) is 11.4 Å². The van der Waals surface area contributed by atoms with E-state index in [1.807, 2.05) is 48.5 Å². The summed E-state index contributed by atoms with van der Waals surface area (Å²) >= 11 is 1.50. The molecule has 4 aromatic rings. The summed E-state index contributed by atoms with van der Waals surface area (Å²) in [4.78, 5) is 13.1. The molecule has 4 bridgehead atoms. The number of rotatable bonds is 10. The number of aromatic nitrogens is 4. The number of phenolic OH excluding ortho intramolecular Hbond substituents is 1. The second kappa shape index (κ2) is 14.0. The molecular weight excluding hydrogens is 653 g/mol. The van der Waals surface area contributed by atoms with E-state index in [4.69, 9.17) is 9.47 Å². The smallest absolute Gasteiger partial charge is 0.315 e. The van der Waals surface area contributed by atoms with Gasteiger partial charge in [0.2, 0.25) is 5.16 Å². The molecule has 2 heterocycles. The Morgan fingerprint density at radius 2 is 1.54 bits per heavy atom. The van der Waals surface area contributed by atoms with Crippen LogP contribution in [0.1, 0.15) is 80.1 Å². The summed E-state index contributed by atoms with van der Waals surface area (Å²) in [5.41, 5.74) is 4.47. The molecule has 5 aliphatic rings. The predicted molar refractivity (Wildman–Crippen MR) is 187 cm³/mol. The Balaban J connectivity index is 0.942. The molecule has 4 saturated carbocycles. The van der Waals surface area contributed by atoms with Gasteiger partial charge < -0.3 is 30.3 Å². The van der Waals surface area contributed by atoms with Gasteiger partial charge in [-0.1, -0.05) is 67.2 Å². The van der Waals surface area contributed by atoms with Crippen molar-refractivity contribution >= 4 is 17.8 Å². The van der Waals surface area contributed by atoms with E-state index in [0.717, 1.165) is 65.0 Å². The van der Waals surface area contributed by atoms with E-state index in [0.29, 0.717) is 17.5 Å². The molecule has 1 aliphatic heterocycles. The van der Waals surface area contributed by atoms with Crippen molar-refractivity contribution in [2.75, 3.05) is 5.75 Å².